The zero-order chi connectivity index (χ0) is 24.3. The molecule has 1 N–H and O–H groups in total. The summed E-state index contributed by atoms with van der Waals surface area (Å²) in [7, 11) is -3.74. The van der Waals surface area contributed by atoms with Gasteiger partial charge in [0.25, 0.3) is 11.8 Å². The Morgan fingerprint density at radius 1 is 1.09 bits per heavy atom. The molecule has 0 radical (unpaired) electrons. The van der Waals surface area contributed by atoms with Crippen molar-refractivity contribution in [2.24, 2.45) is 0 Å². The van der Waals surface area contributed by atoms with E-state index in [0.717, 1.165) is 16.9 Å². The Morgan fingerprint density at radius 3 is 2.41 bits per heavy atom. The Hall–Kier alpha value is -2.76. The van der Waals surface area contributed by atoms with Crippen LogP contribution in [0.1, 0.15) is 22.8 Å². The van der Waals surface area contributed by atoms with Crippen LogP contribution in [-0.2, 0) is 16.6 Å². The Morgan fingerprint density at radius 2 is 1.79 bits per heavy atom. The number of anilines is 1. The van der Waals surface area contributed by atoms with E-state index in [0.29, 0.717) is 20.8 Å². The first kappa shape index (κ1) is 24.4. The van der Waals surface area contributed by atoms with Gasteiger partial charge in [0.2, 0.25) is 10.0 Å². The van der Waals surface area contributed by atoms with Crippen LogP contribution in [0, 0.1) is 0 Å². The quantitative estimate of drug-likeness (QED) is 0.315. The maximum atomic E-state index is 13.1. The van der Waals surface area contributed by atoms with Gasteiger partial charge in [-0.1, -0.05) is 65.6 Å². The molecule has 0 bridgehead atoms. The molecule has 0 saturated carbocycles. The minimum Gasteiger partial charge on any atom is -0.403 e. The van der Waals surface area contributed by atoms with Crippen molar-refractivity contribution in [2.75, 3.05) is 11.9 Å². The molecule has 2 aromatic carbocycles. The number of carbonyl (C=O) groups excluding carboxylic acids is 1. The maximum absolute atomic E-state index is 13.1. The number of hydrogen-bond donors (Lipinski definition) is 1. The third-order valence-electron chi connectivity index (χ3n) is 4.84. The summed E-state index contributed by atoms with van der Waals surface area (Å²) in [6, 6.07) is 16.4. The topological polar surface area (TPSA) is 105 Å². The van der Waals surface area contributed by atoms with Crippen LogP contribution >= 0.6 is 34.5 Å². The lowest BCUT2D eigenvalue weighted by molar-refractivity contribution is 0.102. The highest BCUT2D eigenvalue weighted by Crippen LogP contribution is 2.37. The van der Waals surface area contributed by atoms with Gasteiger partial charge in [-0.2, -0.15) is 4.31 Å². The monoisotopic (exact) mass is 536 g/mol. The summed E-state index contributed by atoms with van der Waals surface area (Å²) in [6.07, 6.45) is 0. The first-order chi connectivity index (χ1) is 16.3. The Kier molecular flexibility index (Phi) is 7.34. The molecule has 4 rings (SSSR count). The van der Waals surface area contributed by atoms with Crippen molar-refractivity contribution in [2.45, 2.75) is 18.4 Å². The zero-order valence-electron chi connectivity index (χ0n) is 17.7. The molecular formula is C22H18Cl2N4O4S2. The molecule has 0 saturated heterocycles. The minimum absolute atomic E-state index is 0.0888. The summed E-state index contributed by atoms with van der Waals surface area (Å²) in [5, 5.41) is 10.1. The van der Waals surface area contributed by atoms with Gasteiger partial charge in [-0.25, -0.2) is 8.42 Å². The fourth-order valence-corrected chi connectivity index (χ4v) is 6.00. The standard InChI is InChI=1S/C22H18Cl2N4O4S2/c1-2-28(13-14-6-4-3-5-7-14)34(30,31)16-10-8-15(9-11-16)20(29)25-22-27-26-21(32-22)17-12-18(23)33-19(17)24/h3-12H,2,13H2,1H3,(H,25,27,29). The number of carbonyl (C=O) groups is 1. The first-order valence-electron chi connectivity index (χ1n) is 10.0. The third-order valence-corrected chi connectivity index (χ3v) is 8.26. The smallest absolute Gasteiger partial charge is 0.322 e. The molecule has 0 atom stereocenters. The van der Waals surface area contributed by atoms with E-state index in [1.807, 2.05) is 30.3 Å². The van der Waals surface area contributed by atoms with Gasteiger partial charge in [-0.3, -0.25) is 10.1 Å². The first-order valence-corrected chi connectivity index (χ1v) is 13.0. The number of sulfonamides is 1. The molecule has 2 aromatic heterocycles. The number of nitrogens with one attached hydrogen (secondary N) is 1. The lowest BCUT2D eigenvalue weighted by Crippen LogP contribution is -2.30. The molecule has 0 aliphatic heterocycles. The molecule has 0 aliphatic carbocycles. The molecule has 34 heavy (non-hydrogen) atoms. The number of rotatable bonds is 8. The molecule has 176 valence electrons. The Balaban J connectivity index is 1.46. The number of halogens is 2. The maximum Gasteiger partial charge on any atom is 0.322 e. The number of nitrogens with zero attached hydrogens (tertiary/aromatic N) is 3. The van der Waals surface area contributed by atoms with Gasteiger partial charge < -0.3 is 4.42 Å². The van der Waals surface area contributed by atoms with Crippen molar-refractivity contribution >= 4 is 56.5 Å². The third kappa shape index (κ3) is 5.31. The minimum atomic E-state index is -3.74. The molecule has 0 fully saturated rings. The molecule has 0 unspecified atom stereocenters. The van der Waals surface area contributed by atoms with Gasteiger partial charge in [-0.15, -0.1) is 16.4 Å². The Bertz CT molecular complexity index is 1400. The van der Waals surface area contributed by atoms with Crippen LogP contribution in [-0.4, -0.2) is 35.4 Å². The van der Waals surface area contributed by atoms with E-state index in [-0.39, 0.29) is 28.9 Å². The van der Waals surface area contributed by atoms with E-state index in [9.17, 15) is 13.2 Å². The second-order valence-electron chi connectivity index (χ2n) is 7.05. The van der Waals surface area contributed by atoms with Crippen molar-refractivity contribution in [3.63, 3.8) is 0 Å². The van der Waals surface area contributed by atoms with E-state index >= 15 is 0 Å². The van der Waals surface area contributed by atoms with Gasteiger partial charge in [0.05, 0.1) is 14.8 Å². The van der Waals surface area contributed by atoms with Crippen LogP contribution in [0.25, 0.3) is 11.5 Å². The van der Waals surface area contributed by atoms with E-state index in [2.05, 4.69) is 15.5 Å². The molecule has 0 aliphatic rings. The van der Waals surface area contributed by atoms with Crippen LogP contribution < -0.4 is 5.32 Å². The number of aromatic nitrogens is 2. The van der Waals surface area contributed by atoms with Crippen LogP contribution in [0.4, 0.5) is 6.01 Å². The Labute approximate surface area is 210 Å². The number of thiophene rings is 1. The summed E-state index contributed by atoms with van der Waals surface area (Å²) in [5.41, 5.74) is 1.57. The summed E-state index contributed by atoms with van der Waals surface area (Å²) >= 11 is 13.2. The number of hydrogen-bond acceptors (Lipinski definition) is 7. The molecule has 0 spiro atoms. The number of amides is 1. The summed E-state index contributed by atoms with van der Waals surface area (Å²) in [5.74, 6) is -0.423. The van der Waals surface area contributed by atoms with Crippen LogP contribution in [0.3, 0.4) is 0 Å². The largest absolute Gasteiger partial charge is 0.403 e. The van der Waals surface area contributed by atoms with Crippen LogP contribution in [0.2, 0.25) is 8.67 Å². The zero-order valence-corrected chi connectivity index (χ0v) is 20.9. The van der Waals surface area contributed by atoms with E-state index in [1.54, 1.807) is 13.0 Å². The lowest BCUT2D eigenvalue weighted by Gasteiger charge is -2.20. The van der Waals surface area contributed by atoms with Gasteiger partial charge in [-0.05, 0) is 35.9 Å². The van der Waals surface area contributed by atoms with E-state index in [4.69, 9.17) is 27.6 Å². The predicted molar refractivity (Wildman–Crippen MR) is 132 cm³/mol. The molecule has 1 amide bonds. The second kappa shape index (κ2) is 10.2. The second-order valence-corrected chi connectivity index (χ2v) is 11.3. The average Bonchev–Trinajstić information content (AvgIpc) is 3.43. The molecular weight excluding hydrogens is 519 g/mol. The normalized spacial score (nSPS) is 11.6. The summed E-state index contributed by atoms with van der Waals surface area (Å²) in [4.78, 5) is 12.7. The average molecular weight is 537 g/mol. The fourth-order valence-electron chi connectivity index (χ4n) is 3.12. The predicted octanol–water partition coefficient (Wildman–Crippen LogP) is 5.57. The van der Waals surface area contributed by atoms with Gasteiger partial charge in [0.1, 0.15) is 4.34 Å². The van der Waals surface area contributed by atoms with Crippen molar-refractivity contribution in [1.82, 2.24) is 14.5 Å². The van der Waals surface area contributed by atoms with E-state index < -0.39 is 15.9 Å². The van der Waals surface area contributed by atoms with Crippen LogP contribution in [0.15, 0.2) is 70.0 Å². The molecule has 8 nitrogen and oxygen atoms in total. The highest BCUT2D eigenvalue weighted by atomic mass is 35.5. The summed E-state index contributed by atoms with van der Waals surface area (Å²) < 4.78 is 33.8. The fraction of sp³-hybridized carbons (Fsp3) is 0.136. The molecule has 12 heteroatoms. The van der Waals surface area contributed by atoms with Gasteiger partial charge in [0, 0.05) is 18.7 Å². The molecule has 2 heterocycles. The van der Waals surface area contributed by atoms with Crippen molar-refractivity contribution < 1.29 is 17.6 Å². The SMILES string of the molecule is CCN(Cc1ccccc1)S(=O)(=O)c1ccc(C(=O)Nc2nnc(-c3cc(Cl)sc3Cl)o2)cc1. The van der Waals surface area contributed by atoms with Crippen molar-refractivity contribution in [1.29, 1.82) is 0 Å². The summed E-state index contributed by atoms with van der Waals surface area (Å²) in [6.45, 7) is 2.33. The van der Waals surface area contributed by atoms with Gasteiger partial charge in [0.15, 0.2) is 0 Å². The lowest BCUT2D eigenvalue weighted by atomic mass is 10.2. The number of benzene rings is 2. The van der Waals surface area contributed by atoms with E-state index in [1.165, 1.54) is 28.6 Å². The molecule has 4 aromatic rings. The van der Waals surface area contributed by atoms with Crippen LogP contribution in [0.5, 0.6) is 0 Å². The van der Waals surface area contributed by atoms with Crippen molar-refractivity contribution in [3.05, 3.63) is 80.5 Å². The highest BCUT2D eigenvalue weighted by molar-refractivity contribution is 7.89. The van der Waals surface area contributed by atoms with Gasteiger partial charge >= 0.3 is 6.01 Å². The highest BCUT2D eigenvalue weighted by Gasteiger charge is 2.24. The van der Waals surface area contributed by atoms with Crippen molar-refractivity contribution in [3.8, 4) is 11.5 Å².